The van der Waals surface area contributed by atoms with Gasteiger partial charge >= 0.3 is 0 Å². The molecule has 3 amide bonds. The van der Waals surface area contributed by atoms with Crippen LogP contribution in [-0.4, -0.2) is 90.8 Å². The van der Waals surface area contributed by atoms with Gasteiger partial charge in [-0.05, 0) is 30.8 Å². The number of hydrogen-bond acceptors (Lipinski definition) is 6. The summed E-state index contributed by atoms with van der Waals surface area (Å²) in [7, 11) is 0. The minimum Gasteiger partial charge on any atom is -0.340 e. The van der Waals surface area contributed by atoms with E-state index in [0.717, 1.165) is 17.9 Å². The van der Waals surface area contributed by atoms with Gasteiger partial charge in [-0.25, -0.2) is 10.4 Å². The summed E-state index contributed by atoms with van der Waals surface area (Å²) in [6.45, 7) is 6.92. The molecule has 9 nitrogen and oxygen atoms in total. The fraction of sp³-hybridized carbons (Fsp3) is 0.444. The molecule has 0 radical (unpaired) electrons. The van der Waals surface area contributed by atoms with E-state index in [9.17, 15) is 14.4 Å². The first-order valence-corrected chi connectivity index (χ1v) is 12.8. The van der Waals surface area contributed by atoms with Crippen molar-refractivity contribution >= 4 is 29.1 Å². The molecule has 0 aliphatic carbocycles. The minimum atomic E-state index is -0.297. The maximum Gasteiger partial charge on any atom is 0.247 e. The molecule has 5 rings (SSSR count). The number of rotatable bonds is 6. The zero-order valence-corrected chi connectivity index (χ0v) is 20.7. The topological polar surface area (TPSA) is 88.2 Å². The molecule has 3 saturated heterocycles. The molecule has 2 aromatic carbocycles. The summed E-state index contributed by atoms with van der Waals surface area (Å²) in [4.78, 5) is 45.6. The van der Waals surface area contributed by atoms with E-state index in [4.69, 9.17) is 0 Å². The average Bonchev–Trinajstić information content (AvgIpc) is 3.25. The second kappa shape index (κ2) is 10.8. The summed E-state index contributed by atoms with van der Waals surface area (Å²) in [5.74, 6) is -0.488. The first-order valence-electron chi connectivity index (χ1n) is 12.8. The van der Waals surface area contributed by atoms with Crippen molar-refractivity contribution in [1.82, 2.24) is 20.1 Å². The van der Waals surface area contributed by atoms with Crippen LogP contribution in [0.3, 0.4) is 0 Å². The van der Waals surface area contributed by atoms with E-state index >= 15 is 0 Å². The standard InChI is InChI=1S/C27H34N6O3/c1-2-30-17-22(25-23(18-30)27(36)33(29-25)21-11-7-4-8-12-21)26(35)32-15-13-31(14-16-32)19-24(34)28-20-9-5-3-6-10-20/h3-12,22-23,25,29H,2,13-19H2,1H3,(H,28,34). The molecule has 190 valence electrons. The largest absolute Gasteiger partial charge is 0.340 e. The van der Waals surface area contributed by atoms with Gasteiger partial charge in [-0.1, -0.05) is 43.3 Å². The summed E-state index contributed by atoms with van der Waals surface area (Å²) in [5, 5.41) is 4.54. The van der Waals surface area contributed by atoms with Crippen LogP contribution in [0.15, 0.2) is 60.7 Å². The van der Waals surface area contributed by atoms with E-state index in [0.29, 0.717) is 45.8 Å². The number of amides is 3. The summed E-state index contributed by atoms with van der Waals surface area (Å²) in [6.07, 6.45) is 0. The third kappa shape index (κ3) is 5.13. The minimum absolute atomic E-state index is 0.0244. The number of piperidine rings is 1. The number of hydrazine groups is 1. The van der Waals surface area contributed by atoms with E-state index in [-0.39, 0.29) is 35.6 Å². The van der Waals surface area contributed by atoms with Crippen molar-refractivity contribution in [3.8, 4) is 0 Å². The summed E-state index contributed by atoms with van der Waals surface area (Å²) < 4.78 is 0. The zero-order chi connectivity index (χ0) is 25.1. The van der Waals surface area contributed by atoms with Gasteiger partial charge in [0, 0.05) is 45.0 Å². The molecule has 0 spiro atoms. The lowest BCUT2D eigenvalue weighted by atomic mass is 9.83. The zero-order valence-electron chi connectivity index (χ0n) is 20.7. The van der Waals surface area contributed by atoms with Gasteiger partial charge in [0.25, 0.3) is 0 Å². The molecule has 36 heavy (non-hydrogen) atoms. The highest BCUT2D eigenvalue weighted by atomic mass is 16.2. The Morgan fingerprint density at radius 2 is 1.58 bits per heavy atom. The maximum atomic E-state index is 13.7. The number of fused-ring (bicyclic) bond motifs is 1. The Kier molecular flexibility index (Phi) is 7.31. The third-order valence-corrected chi connectivity index (χ3v) is 7.48. The molecule has 3 fully saturated rings. The highest BCUT2D eigenvalue weighted by Gasteiger charge is 2.51. The Labute approximate surface area is 212 Å². The van der Waals surface area contributed by atoms with Gasteiger partial charge in [0.1, 0.15) is 0 Å². The average molecular weight is 491 g/mol. The van der Waals surface area contributed by atoms with Crippen LogP contribution in [0, 0.1) is 11.8 Å². The van der Waals surface area contributed by atoms with Crippen molar-refractivity contribution in [2.75, 3.05) is 62.7 Å². The fourth-order valence-electron chi connectivity index (χ4n) is 5.48. The Morgan fingerprint density at radius 3 is 2.25 bits per heavy atom. The number of nitrogens with zero attached hydrogens (tertiary/aromatic N) is 4. The van der Waals surface area contributed by atoms with Crippen molar-refractivity contribution in [2.24, 2.45) is 11.8 Å². The molecule has 9 heteroatoms. The first-order chi connectivity index (χ1) is 17.5. The lowest BCUT2D eigenvalue weighted by Gasteiger charge is -2.42. The van der Waals surface area contributed by atoms with Gasteiger partial charge in [0.2, 0.25) is 17.7 Å². The number of nitrogens with one attached hydrogen (secondary N) is 2. The Balaban J connectivity index is 1.20. The van der Waals surface area contributed by atoms with Crippen LogP contribution < -0.4 is 15.8 Å². The molecule has 3 aliphatic rings. The lowest BCUT2D eigenvalue weighted by Crippen LogP contribution is -2.60. The number of carbonyl (C=O) groups excluding carboxylic acids is 3. The van der Waals surface area contributed by atoms with E-state index in [1.165, 1.54) is 0 Å². The number of para-hydroxylation sites is 2. The molecule has 3 aliphatic heterocycles. The van der Waals surface area contributed by atoms with E-state index in [1.54, 1.807) is 5.01 Å². The van der Waals surface area contributed by atoms with Crippen molar-refractivity contribution in [3.05, 3.63) is 60.7 Å². The molecule has 3 atom stereocenters. The smallest absolute Gasteiger partial charge is 0.247 e. The third-order valence-electron chi connectivity index (χ3n) is 7.48. The van der Waals surface area contributed by atoms with E-state index < -0.39 is 0 Å². The van der Waals surface area contributed by atoms with Gasteiger partial charge in [0.05, 0.1) is 30.1 Å². The predicted molar refractivity (Wildman–Crippen MR) is 138 cm³/mol. The molecule has 0 aromatic heterocycles. The molecule has 2 aromatic rings. The predicted octanol–water partition coefficient (Wildman–Crippen LogP) is 1.26. The molecule has 3 unspecified atom stereocenters. The van der Waals surface area contributed by atoms with E-state index in [2.05, 4.69) is 27.5 Å². The van der Waals surface area contributed by atoms with Crippen LogP contribution in [0.25, 0.3) is 0 Å². The molecular formula is C27H34N6O3. The monoisotopic (exact) mass is 490 g/mol. The summed E-state index contributed by atoms with van der Waals surface area (Å²) in [6, 6.07) is 18.8. The molecule has 2 N–H and O–H groups in total. The van der Waals surface area contributed by atoms with E-state index in [1.807, 2.05) is 65.6 Å². The van der Waals surface area contributed by atoms with Crippen molar-refractivity contribution in [2.45, 2.75) is 13.0 Å². The molecule has 0 bridgehead atoms. The van der Waals surface area contributed by atoms with Gasteiger partial charge < -0.3 is 15.1 Å². The Hall–Kier alpha value is -3.27. The summed E-state index contributed by atoms with van der Waals surface area (Å²) in [5.41, 5.74) is 4.96. The molecular weight excluding hydrogens is 456 g/mol. The van der Waals surface area contributed by atoms with Crippen LogP contribution in [0.2, 0.25) is 0 Å². The number of benzene rings is 2. The first kappa shape index (κ1) is 24.4. The highest BCUT2D eigenvalue weighted by molar-refractivity contribution is 5.98. The number of anilines is 2. The van der Waals surface area contributed by atoms with Gasteiger partial charge in [-0.2, -0.15) is 0 Å². The SMILES string of the molecule is CCN1CC(C(=O)N2CCN(CC(=O)Nc3ccccc3)CC2)C2NN(c3ccccc3)C(=O)C2C1. The Morgan fingerprint density at radius 1 is 0.917 bits per heavy atom. The van der Waals surface area contributed by atoms with Crippen molar-refractivity contribution in [3.63, 3.8) is 0 Å². The number of piperazine rings is 1. The van der Waals surface area contributed by atoms with Gasteiger partial charge in [-0.15, -0.1) is 0 Å². The second-order valence-corrected chi connectivity index (χ2v) is 9.74. The molecule has 0 saturated carbocycles. The van der Waals surface area contributed by atoms with Gasteiger partial charge in [-0.3, -0.25) is 19.3 Å². The number of carbonyl (C=O) groups is 3. The fourth-order valence-corrected chi connectivity index (χ4v) is 5.48. The maximum absolute atomic E-state index is 13.7. The number of likely N-dealkylation sites (tertiary alicyclic amines) is 1. The quantitative estimate of drug-likeness (QED) is 0.634. The van der Waals surface area contributed by atoms with Crippen LogP contribution >= 0.6 is 0 Å². The van der Waals surface area contributed by atoms with Crippen LogP contribution in [-0.2, 0) is 14.4 Å². The van der Waals surface area contributed by atoms with Gasteiger partial charge in [0.15, 0.2) is 0 Å². The van der Waals surface area contributed by atoms with Crippen LogP contribution in [0.1, 0.15) is 6.92 Å². The second-order valence-electron chi connectivity index (χ2n) is 9.74. The van der Waals surface area contributed by atoms with Crippen LogP contribution in [0.4, 0.5) is 11.4 Å². The van der Waals surface area contributed by atoms with Crippen LogP contribution in [0.5, 0.6) is 0 Å². The van der Waals surface area contributed by atoms with Crippen molar-refractivity contribution < 1.29 is 14.4 Å². The molecule has 3 heterocycles. The highest BCUT2D eigenvalue weighted by Crippen LogP contribution is 2.32. The lowest BCUT2D eigenvalue weighted by molar-refractivity contribution is -0.141. The van der Waals surface area contributed by atoms with Crippen molar-refractivity contribution in [1.29, 1.82) is 0 Å². The normalized spacial score (nSPS) is 25.0. The Bertz CT molecular complexity index is 1070. The summed E-state index contributed by atoms with van der Waals surface area (Å²) >= 11 is 0. The number of hydrogen-bond donors (Lipinski definition) is 2.